The van der Waals surface area contributed by atoms with Crippen LogP contribution in [0.15, 0.2) is 60.7 Å². The molecule has 1 aliphatic heterocycles. The molecule has 6 nitrogen and oxygen atoms in total. The number of hydrogen-bond donors (Lipinski definition) is 1. The van der Waals surface area contributed by atoms with Crippen molar-refractivity contribution < 1.29 is 9.53 Å². The first-order chi connectivity index (χ1) is 14.6. The topological polar surface area (TPSA) is 67.3 Å². The van der Waals surface area contributed by atoms with E-state index in [9.17, 15) is 4.79 Å². The van der Waals surface area contributed by atoms with Crippen LogP contribution >= 0.6 is 11.6 Å². The quantitative estimate of drug-likeness (QED) is 0.667. The maximum absolute atomic E-state index is 12.6. The van der Waals surface area contributed by atoms with Gasteiger partial charge in [-0.15, -0.1) is 10.2 Å². The van der Waals surface area contributed by atoms with Crippen LogP contribution in [-0.2, 0) is 0 Å². The highest BCUT2D eigenvalue weighted by molar-refractivity contribution is 6.33. The highest BCUT2D eigenvalue weighted by Crippen LogP contribution is 2.26. The molecule has 2 aromatic carbocycles. The number of piperidine rings is 1. The third kappa shape index (κ3) is 4.54. The van der Waals surface area contributed by atoms with Gasteiger partial charge in [0.1, 0.15) is 5.75 Å². The molecule has 1 saturated heterocycles. The van der Waals surface area contributed by atoms with E-state index in [1.165, 1.54) is 0 Å². The molecule has 1 atom stereocenters. The fourth-order valence-electron chi connectivity index (χ4n) is 3.62. The van der Waals surface area contributed by atoms with Crippen molar-refractivity contribution in [1.82, 2.24) is 15.5 Å². The first-order valence-electron chi connectivity index (χ1n) is 9.92. The van der Waals surface area contributed by atoms with Gasteiger partial charge in [0.15, 0.2) is 5.82 Å². The number of benzene rings is 2. The summed E-state index contributed by atoms with van der Waals surface area (Å²) in [5.41, 5.74) is 2.23. The lowest BCUT2D eigenvalue weighted by molar-refractivity contribution is 0.0933. The lowest BCUT2D eigenvalue weighted by Crippen LogP contribution is -2.48. The summed E-state index contributed by atoms with van der Waals surface area (Å²) < 4.78 is 5.15. The molecule has 2 heterocycles. The van der Waals surface area contributed by atoms with Crippen molar-refractivity contribution in [2.75, 3.05) is 25.1 Å². The van der Waals surface area contributed by atoms with Crippen molar-refractivity contribution >= 4 is 23.3 Å². The van der Waals surface area contributed by atoms with Crippen LogP contribution in [0.1, 0.15) is 23.2 Å². The molecule has 0 saturated carbocycles. The second-order valence-corrected chi connectivity index (χ2v) is 7.65. The van der Waals surface area contributed by atoms with E-state index in [1.807, 2.05) is 36.4 Å². The Labute approximate surface area is 180 Å². The number of halogens is 1. The third-order valence-corrected chi connectivity index (χ3v) is 5.56. The van der Waals surface area contributed by atoms with Gasteiger partial charge >= 0.3 is 0 Å². The average molecular weight is 423 g/mol. The lowest BCUT2D eigenvalue weighted by Gasteiger charge is -2.33. The van der Waals surface area contributed by atoms with Crippen molar-refractivity contribution in [2.45, 2.75) is 18.9 Å². The second-order valence-electron chi connectivity index (χ2n) is 7.24. The van der Waals surface area contributed by atoms with Crippen LogP contribution < -0.4 is 15.0 Å². The Bertz CT molecular complexity index is 1010. The smallest absolute Gasteiger partial charge is 0.251 e. The number of rotatable bonds is 5. The Morgan fingerprint density at radius 3 is 2.60 bits per heavy atom. The monoisotopic (exact) mass is 422 g/mol. The van der Waals surface area contributed by atoms with E-state index in [-0.39, 0.29) is 11.9 Å². The predicted octanol–water partition coefficient (Wildman–Crippen LogP) is 4.20. The van der Waals surface area contributed by atoms with Gasteiger partial charge in [0.2, 0.25) is 0 Å². The van der Waals surface area contributed by atoms with Crippen molar-refractivity contribution in [3.05, 3.63) is 71.2 Å². The number of anilines is 1. The lowest BCUT2D eigenvalue weighted by atomic mass is 10.0. The summed E-state index contributed by atoms with van der Waals surface area (Å²) in [5, 5.41) is 12.5. The van der Waals surface area contributed by atoms with E-state index in [0.717, 1.165) is 42.2 Å². The number of nitrogens with zero attached hydrogens (tertiary/aromatic N) is 3. The largest absolute Gasteiger partial charge is 0.497 e. The summed E-state index contributed by atoms with van der Waals surface area (Å²) in [6, 6.07) is 18.7. The molecule has 0 bridgehead atoms. The van der Waals surface area contributed by atoms with E-state index >= 15 is 0 Å². The molecule has 0 radical (unpaired) electrons. The summed E-state index contributed by atoms with van der Waals surface area (Å²) in [6.45, 7) is 1.58. The number of amides is 1. The Morgan fingerprint density at radius 2 is 1.90 bits per heavy atom. The maximum atomic E-state index is 12.6. The van der Waals surface area contributed by atoms with Gasteiger partial charge in [-0.05, 0) is 55.3 Å². The van der Waals surface area contributed by atoms with Gasteiger partial charge < -0.3 is 15.0 Å². The minimum Gasteiger partial charge on any atom is -0.497 e. The molecule has 7 heteroatoms. The second kappa shape index (κ2) is 9.13. The van der Waals surface area contributed by atoms with Crippen LogP contribution in [0.3, 0.4) is 0 Å². The minimum atomic E-state index is -0.0790. The standard InChI is InChI=1S/C23H23ClN4O2/c1-30-18-10-8-16(9-11-18)23(29)25-17-5-4-14-28(15-17)22-13-12-21(26-27-22)19-6-2-3-7-20(19)24/h2-3,6-13,17H,4-5,14-15H2,1H3,(H,25,29). The SMILES string of the molecule is COc1ccc(C(=O)NC2CCCN(c3ccc(-c4ccccc4Cl)nn3)C2)cc1. The number of carbonyl (C=O) groups excluding carboxylic acids is 1. The van der Waals surface area contributed by atoms with E-state index in [1.54, 1.807) is 31.4 Å². The van der Waals surface area contributed by atoms with Crippen molar-refractivity contribution in [2.24, 2.45) is 0 Å². The molecule has 3 aromatic rings. The summed E-state index contributed by atoms with van der Waals surface area (Å²) in [4.78, 5) is 14.7. The first-order valence-corrected chi connectivity index (χ1v) is 10.3. The molecule has 30 heavy (non-hydrogen) atoms. The van der Waals surface area contributed by atoms with Gasteiger partial charge in [0, 0.05) is 30.3 Å². The van der Waals surface area contributed by atoms with Crippen LogP contribution in [0.25, 0.3) is 11.3 Å². The summed E-state index contributed by atoms with van der Waals surface area (Å²) in [5.74, 6) is 1.45. The Hall–Kier alpha value is -3.12. The van der Waals surface area contributed by atoms with Crippen molar-refractivity contribution in [1.29, 1.82) is 0 Å². The third-order valence-electron chi connectivity index (χ3n) is 5.23. The summed E-state index contributed by atoms with van der Waals surface area (Å²) >= 11 is 6.26. The predicted molar refractivity (Wildman–Crippen MR) is 118 cm³/mol. The van der Waals surface area contributed by atoms with Crippen LogP contribution in [-0.4, -0.2) is 42.3 Å². The highest BCUT2D eigenvalue weighted by Gasteiger charge is 2.23. The fourth-order valence-corrected chi connectivity index (χ4v) is 3.85. The van der Waals surface area contributed by atoms with Gasteiger partial charge in [0.25, 0.3) is 5.91 Å². The number of hydrogen-bond acceptors (Lipinski definition) is 5. The fraction of sp³-hybridized carbons (Fsp3) is 0.261. The highest BCUT2D eigenvalue weighted by atomic mass is 35.5. The van der Waals surface area contributed by atoms with Crippen molar-refractivity contribution in [3.63, 3.8) is 0 Å². The zero-order valence-corrected chi connectivity index (χ0v) is 17.5. The zero-order valence-electron chi connectivity index (χ0n) is 16.7. The van der Waals surface area contributed by atoms with E-state index in [4.69, 9.17) is 16.3 Å². The van der Waals surface area contributed by atoms with Gasteiger partial charge in [0.05, 0.1) is 17.8 Å². The van der Waals surface area contributed by atoms with Crippen LogP contribution in [0.5, 0.6) is 5.75 Å². The van der Waals surface area contributed by atoms with Crippen LogP contribution in [0.2, 0.25) is 5.02 Å². The molecular weight excluding hydrogens is 400 g/mol. The molecule has 1 unspecified atom stereocenters. The Morgan fingerprint density at radius 1 is 1.10 bits per heavy atom. The number of aromatic nitrogens is 2. The number of carbonyl (C=O) groups is 1. The molecular formula is C23H23ClN4O2. The Kier molecular flexibility index (Phi) is 6.14. The Balaban J connectivity index is 1.41. The average Bonchev–Trinajstić information content (AvgIpc) is 2.80. The van der Waals surface area contributed by atoms with E-state index < -0.39 is 0 Å². The molecule has 0 aliphatic carbocycles. The number of methoxy groups -OCH3 is 1. The van der Waals surface area contributed by atoms with Crippen LogP contribution in [0.4, 0.5) is 5.82 Å². The summed E-state index contributed by atoms with van der Waals surface area (Å²) in [6.07, 6.45) is 1.91. The molecule has 4 rings (SSSR count). The van der Waals surface area contributed by atoms with Gasteiger partial charge in [-0.3, -0.25) is 4.79 Å². The maximum Gasteiger partial charge on any atom is 0.251 e. The van der Waals surface area contributed by atoms with Crippen LogP contribution in [0, 0.1) is 0 Å². The molecule has 1 aliphatic rings. The number of nitrogens with one attached hydrogen (secondary N) is 1. The normalized spacial score (nSPS) is 16.2. The zero-order chi connectivity index (χ0) is 20.9. The van der Waals surface area contributed by atoms with Gasteiger partial charge in [-0.1, -0.05) is 29.8 Å². The minimum absolute atomic E-state index is 0.0541. The molecule has 1 amide bonds. The molecule has 154 valence electrons. The molecule has 1 fully saturated rings. The summed E-state index contributed by atoms with van der Waals surface area (Å²) in [7, 11) is 1.61. The van der Waals surface area contributed by atoms with E-state index in [0.29, 0.717) is 17.1 Å². The van der Waals surface area contributed by atoms with Gasteiger partial charge in [-0.25, -0.2) is 0 Å². The number of ether oxygens (including phenoxy) is 1. The molecule has 1 aromatic heterocycles. The molecule has 1 N–H and O–H groups in total. The van der Waals surface area contributed by atoms with Gasteiger partial charge in [-0.2, -0.15) is 0 Å². The first kappa shape index (κ1) is 20.2. The van der Waals surface area contributed by atoms with E-state index in [2.05, 4.69) is 20.4 Å². The molecule has 0 spiro atoms. The van der Waals surface area contributed by atoms with Crippen molar-refractivity contribution in [3.8, 4) is 17.0 Å².